The quantitative estimate of drug-likeness (QED) is 0.420. The second-order valence-electron chi connectivity index (χ2n) is 6.17. The lowest BCUT2D eigenvalue weighted by Crippen LogP contribution is -2.17. The predicted molar refractivity (Wildman–Crippen MR) is 113 cm³/mol. The lowest BCUT2D eigenvalue weighted by molar-refractivity contribution is 0.0955. The van der Waals surface area contributed by atoms with E-state index in [1.54, 1.807) is 18.3 Å². The van der Waals surface area contributed by atoms with Gasteiger partial charge in [0.15, 0.2) is 0 Å². The molecule has 4 nitrogen and oxygen atoms in total. The average molecular weight is 413 g/mol. The van der Waals surface area contributed by atoms with Crippen LogP contribution in [0.25, 0.3) is 0 Å². The Labute approximate surface area is 173 Å². The van der Waals surface area contributed by atoms with E-state index >= 15 is 0 Å². The molecule has 3 rings (SSSR count). The molecule has 0 radical (unpaired) electrons. The smallest absolute Gasteiger partial charge is 0.271 e. The highest BCUT2D eigenvalue weighted by Crippen LogP contribution is 2.22. The summed E-state index contributed by atoms with van der Waals surface area (Å²) >= 11 is 11.8. The second kappa shape index (κ2) is 9.40. The highest BCUT2D eigenvalue weighted by atomic mass is 35.5. The molecule has 0 bridgehead atoms. The fraction of sp³-hybridized carbons (Fsp3) is 0.0909. The zero-order chi connectivity index (χ0) is 19.9. The van der Waals surface area contributed by atoms with Crippen LogP contribution in [0.15, 0.2) is 71.8 Å². The van der Waals surface area contributed by atoms with Gasteiger partial charge in [0, 0.05) is 5.56 Å². The summed E-state index contributed by atoms with van der Waals surface area (Å²) in [4.78, 5) is 12.0. The molecule has 0 heterocycles. The Bertz CT molecular complexity index is 984. The molecule has 0 fully saturated rings. The van der Waals surface area contributed by atoms with E-state index in [2.05, 4.69) is 29.6 Å². The molecule has 28 heavy (non-hydrogen) atoms. The first-order chi connectivity index (χ1) is 13.5. The summed E-state index contributed by atoms with van der Waals surface area (Å²) in [5, 5.41) is 4.67. The summed E-state index contributed by atoms with van der Waals surface area (Å²) in [5.41, 5.74) is 6.00. The number of ether oxygens (including phenoxy) is 1. The number of carbonyl (C=O) groups excluding carboxylic acids is 1. The van der Waals surface area contributed by atoms with E-state index in [9.17, 15) is 4.79 Å². The van der Waals surface area contributed by atoms with E-state index in [4.69, 9.17) is 27.9 Å². The molecule has 1 N–H and O–H groups in total. The third-order valence-electron chi connectivity index (χ3n) is 3.97. The Morgan fingerprint density at radius 3 is 2.39 bits per heavy atom. The van der Waals surface area contributed by atoms with Gasteiger partial charge in [-0.3, -0.25) is 4.79 Å². The number of nitrogens with one attached hydrogen (secondary N) is 1. The molecule has 0 saturated heterocycles. The van der Waals surface area contributed by atoms with Crippen molar-refractivity contribution in [1.29, 1.82) is 0 Å². The lowest BCUT2D eigenvalue weighted by atomic mass is 10.2. The fourth-order valence-electron chi connectivity index (χ4n) is 2.37. The molecule has 1 amide bonds. The number of benzene rings is 3. The van der Waals surface area contributed by atoms with Gasteiger partial charge in [0.1, 0.15) is 12.4 Å². The molecule has 0 aliphatic carbocycles. The molecular formula is C22H18Cl2N2O2. The number of hydrazone groups is 1. The van der Waals surface area contributed by atoms with Gasteiger partial charge in [0.2, 0.25) is 0 Å². The van der Waals surface area contributed by atoms with Crippen LogP contribution in [0.3, 0.4) is 0 Å². The molecule has 0 aliphatic heterocycles. The van der Waals surface area contributed by atoms with Crippen LogP contribution in [0.5, 0.6) is 5.75 Å². The minimum Gasteiger partial charge on any atom is -0.489 e. The molecule has 0 aromatic heterocycles. The van der Waals surface area contributed by atoms with Crippen LogP contribution in [0, 0.1) is 6.92 Å². The highest BCUT2D eigenvalue weighted by Gasteiger charge is 2.06. The van der Waals surface area contributed by atoms with Crippen molar-refractivity contribution in [1.82, 2.24) is 5.43 Å². The maximum absolute atomic E-state index is 12.0. The Morgan fingerprint density at radius 1 is 1.00 bits per heavy atom. The van der Waals surface area contributed by atoms with Crippen LogP contribution in [0.4, 0.5) is 0 Å². The summed E-state index contributed by atoms with van der Waals surface area (Å²) in [6, 6.07) is 20.3. The van der Waals surface area contributed by atoms with Gasteiger partial charge in [-0.05, 0) is 60.5 Å². The van der Waals surface area contributed by atoms with Crippen molar-refractivity contribution in [3.63, 3.8) is 0 Å². The second-order valence-corrected chi connectivity index (χ2v) is 6.99. The minimum absolute atomic E-state index is 0.319. The van der Waals surface area contributed by atoms with Gasteiger partial charge in [-0.2, -0.15) is 5.10 Å². The lowest BCUT2D eigenvalue weighted by Gasteiger charge is -2.07. The SMILES string of the molecule is Cc1ccc(COc2ccc(C=NNC(=O)c3ccc(Cl)c(Cl)c3)cc2)cc1. The van der Waals surface area contributed by atoms with Crippen LogP contribution in [-0.4, -0.2) is 12.1 Å². The number of hydrogen-bond acceptors (Lipinski definition) is 3. The van der Waals surface area contributed by atoms with Crippen molar-refractivity contribution in [2.45, 2.75) is 13.5 Å². The largest absolute Gasteiger partial charge is 0.489 e. The van der Waals surface area contributed by atoms with Crippen LogP contribution < -0.4 is 10.2 Å². The standard InChI is InChI=1S/C22H18Cl2N2O2/c1-15-2-4-17(5-3-15)14-28-19-9-6-16(7-10-19)13-25-26-22(27)18-8-11-20(23)21(24)12-18/h2-13H,14H2,1H3,(H,26,27). The van der Waals surface area contributed by atoms with Gasteiger partial charge in [-0.25, -0.2) is 5.43 Å². The van der Waals surface area contributed by atoms with Gasteiger partial charge in [0.05, 0.1) is 16.3 Å². The van der Waals surface area contributed by atoms with Crippen molar-refractivity contribution in [2.24, 2.45) is 5.10 Å². The topological polar surface area (TPSA) is 50.7 Å². The van der Waals surface area contributed by atoms with Crippen LogP contribution in [-0.2, 0) is 6.61 Å². The average Bonchev–Trinajstić information content (AvgIpc) is 2.70. The third kappa shape index (κ3) is 5.59. The molecule has 6 heteroatoms. The van der Waals surface area contributed by atoms with Gasteiger partial charge in [-0.15, -0.1) is 0 Å². The molecular weight excluding hydrogens is 395 g/mol. The van der Waals surface area contributed by atoms with E-state index < -0.39 is 0 Å². The number of hydrogen-bond donors (Lipinski definition) is 1. The van der Waals surface area contributed by atoms with Gasteiger partial charge in [-0.1, -0.05) is 53.0 Å². The number of halogens is 2. The predicted octanol–water partition coefficient (Wildman–Crippen LogP) is 5.64. The first-order valence-electron chi connectivity index (χ1n) is 8.58. The van der Waals surface area contributed by atoms with E-state index in [0.717, 1.165) is 16.9 Å². The van der Waals surface area contributed by atoms with Crippen LogP contribution in [0.1, 0.15) is 27.0 Å². The monoisotopic (exact) mass is 412 g/mol. The normalized spacial score (nSPS) is 10.8. The molecule has 0 spiro atoms. The van der Waals surface area contributed by atoms with Crippen molar-refractivity contribution in [3.8, 4) is 5.75 Å². The van der Waals surface area contributed by atoms with Crippen molar-refractivity contribution in [3.05, 3.63) is 99.0 Å². The minimum atomic E-state index is -0.368. The van der Waals surface area contributed by atoms with Crippen LogP contribution in [0.2, 0.25) is 10.0 Å². The number of amides is 1. The Balaban J connectivity index is 1.52. The molecule has 0 saturated carbocycles. The van der Waals surface area contributed by atoms with Crippen LogP contribution >= 0.6 is 23.2 Å². The first kappa shape index (κ1) is 19.9. The maximum Gasteiger partial charge on any atom is 0.271 e. The van der Waals surface area contributed by atoms with E-state index in [0.29, 0.717) is 22.2 Å². The Morgan fingerprint density at radius 2 is 1.71 bits per heavy atom. The maximum atomic E-state index is 12.0. The Hall–Kier alpha value is -2.82. The molecule has 3 aromatic carbocycles. The van der Waals surface area contributed by atoms with Gasteiger partial charge >= 0.3 is 0 Å². The Kier molecular flexibility index (Phi) is 6.69. The molecule has 0 unspecified atom stereocenters. The summed E-state index contributed by atoms with van der Waals surface area (Å²) in [5.74, 6) is 0.394. The van der Waals surface area contributed by atoms with E-state index in [1.807, 2.05) is 36.4 Å². The zero-order valence-electron chi connectivity index (χ0n) is 15.2. The molecule has 0 atom stereocenters. The number of nitrogens with zero attached hydrogens (tertiary/aromatic N) is 1. The van der Waals surface area contributed by atoms with Crippen molar-refractivity contribution < 1.29 is 9.53 Å². The third-order valence-corrected chi connectivity index (χ3v) is 4.71. The zero-order valence-corrected chi connectivity index (χ0v) is 16.7. The number of carbonyl (C=O) groups is 1. The van der Waals surface area contributed by atoms with Gasteiger partial charge in [0.25, 0.3) is 5.91 Å². The molecule has 0 aliphatic rings. The molecule has 142 valence electrons. The van der Waals surface area contributed by atoms with Crippen molar-refractivity contribution >= 4 is 35.3 Å². The summed E-state index contributed by atoms with van der Waals surface area (Å²) in [6.45, 7) is 2.56. The highest BCUT2D eigenvalue weighted by molar-refractivity contribution is 6.42. The summed E-state index contributed by atoms with van der Waals surface area (Å²) in [6.07, 6.45) is 1.55. The number of rotatable bonds is 6. The summed E-state index contributed by atoms with van der Waals surface area (Å²) < 4.78 is 5.77. The number of aryl methyl sites for hydroxylation is 1. The van der Waals surface area contributed by atoms with E-state index in [-0.39, 0.29) is 5.91 Å². The summed E-state index contributed by atoms with van der Waals surface area (Å²) in [7, 11) is 0. The van der Waals surface area contributed by atoms with Crippen molar-refractivity contribution in [2.75, 3.05) is 0 Å². The molecule has 3 aromatic rings. The first-order valence-corrected chi connectivity index (χ1v) is 9.34. The fourth-order valence-corrected chi connectivity index (χ4v) is 2.67. The van der Waals surface area contributed by atoms with Gasteiger partial charge < -0.3 is 4.74 Å². The van der Waals surface area contributed by atoms with E-state index in [1.165, 1.54) is 11.6 Å².